The average Bonchev–Trinajstić information content (AvgIpc) is 3.47. The third-order valence-corrected chi connectivity index (χ3v) is 8.71. The molecule has 2 aliphatic rings. The van der Waals surface area contributed by atoms with Crippen LogP contribution in [0.3, 0.4) is 0 Å². The maximum absolute atomic E-state index is 13.5. The zero-order valence-corrected chi connectivity index (χ0v) is 24.0. The van der Waals surface area contributed by atoms with E-state index in [4.69, 9.17) is 15.2 Å². The van der Waals surface area contributed by atoms with Gasteiger partial charge in [0.1, 0.15) is 11.1 Å². The third-order valence-electron chi connectivity index (χ3n) is 7.45. The Morgan fingerprint density at radius 3 is 1.95 bits per heavy atom. The Hall–Kier alpha value is -3.41. The van der Waals surface area contributed by atoms with Gasteiger partial charge in [-0.05, 0) is 23.3 Å². The highest BCUT2D eigenvalue weighted by Gasteiger charge is 2.44. The van der Waals surface area contributed by atoms with Gasteiger partial charge in [-0.25, -0.2) is 5.01 Å². The number of nitrogens with one attached hydrogen (secondary N) is 1. The standard InChI is InChI=1S/C31H37N5O4S/c1-39-31(40-25-15-9-4-10-16-25)30-36(21-22-41-30)27(28(32)37)29(38)33-35-19-17-34(18-20-35)26(23-11-5-2-6-12-23)24-13-7-3-8-14-24/h2-16,26-27,30-31H,17-22H2,1H3,(H2,32,37)(H,33,38)/t27?,30-,31+/m1/s1. The van der Waals surface area contributed by atoms with Gasteiger partial charge < -0.3 is 15.2 Å². The van der Waals surface area contributed by atoms with E-state index < -0.39 is 24.1 Å². The van der Waals surface area contributed by atoms with Gasteiger partial charge in [0.25, 0.3) is 5.91 Å². The molecule has 0 saturated carbocycles. The number of hydrazine groups is 1. The largest absolute Gasteiger partial charge is 0.462 e. The van der Waals surface area contributed by atoms with E-state index in [1.807, 2.05) is 47.5 Å². The molecule has 5 rings (SSSR count). The molecule has 3 aromatic carbocycles. The lowest BCUT2D eigenvalue weighted by molar-refractivity contribution is -0.143. The number of hydrogen-bond acceptors (Lipinski definition) is 8. The number of benzene rings is 3. The minimum atomic E-state index is -1.15. The number of methoxy groups -OCH3 is 1. The summed E-state index contributed by atoms with van der Waals surface area (Å²) in [6.07, 6.45) is -0.684. The molecule has 3 aromatic rings. The van der Waals surface area contributed by atoms with Crippen molar-refractivity contribution < 1.29 is 19.1 Å². The van der Waals surface area contributed by atoms with Crippen LogP contribution in [-0.4, -0.2) is 89.9 Å². The third kappa shape index (κ3) is 7.09. The van der Waals surface area contributed by atoms with Crippen molar-refractivity contribution in [3.63, 3.8) is 0 Å². The molecular weight excluding hydrogens is 538 g/mol. The summed E-state index contributed by atoms with van der Waals surface area (Å²) in [7, 11) is 1.56. The van der Waals surface area contributed by atoms with E-state index in [2.05, 4.69) is 58.9 Å². The molecule has 2 aliphatic heterocycles. The Labute approximate surface area is 245 Å². The predicted octanol–water partition coefficient (Wildman–Crippen LogP) is 2.71. The first-order valence-corrected chi connectivity index (χ1v) is 14.9. The van der Waals surface area contributed by atoms with Crippen LogP contribution in [0, 0.1) is 0 Å². The summed E-state index contributed by atoms with van der Waals surface area (Å²) in [6.45, 7) is 3.23. The number of amides is 2. The lowest BCUT2D eigenvalue weighted by Gasteiger charge is -2.40. The van der Waals surface area contributed by atoms with Gasteiger partial charge in [-0.1, -0.05) is 78.9 Å². The van der Waals surface area contributed by atoms with E-state index in [0.29, 0.717) is 25.4 Å². The molecule has 1 unspecified atom stereocenters. The Bertz CT molecular complexity index is 1220. The number of rotatable bonds is 11. The summed E-state index contributed by atoms with van der Waals surface area (Å²) in [5.74, 6) is 0.236. The predicted molar refractivity (Wildman–Crippen MR) is 160 cm³/mol. The second kappa shape index (κ2) is 14.0. The van der Waals surface area contributed by atoms with Crippen LogP contribution in [0.15, 0.2) is 91.0 Å². The first-order chi connectivity index (χ1) is 20.0. The number of thioether (sulfide) groups is 1. The molecule has 0 aromatic heterocycles. The normalized spacial score (nSPS) is 20.0. The molecule has 3 atom stereocenters. The number of primary amides is 1. The van der Waals surface area contributed by atoms with E-state index >= 15 is 0 Å². The van der Waals surface area contributed by atoms with Crippen molar-refractivity contribution in [2.75, 3.05) is 45.6 Å². The SMILES string of the molecule is CO[C@@H](Oc1ccccc1)[C@H]1SCCN1C(C(N)=O)C(=O)NN1CCN(C(c2ccccc2)c2ccccc2)CC1. The molecule has 41 heavy (non-hydrogen) atoms. The topological polar surface area (TPSA) is 100 Å². The van der Waals surface area contributed by atoms with E-state index in [1.54, 1.807) is 23.8 Å². The molecule has 0 bridgehead atoms. The van der Waals surface area contributed by atoms with Crippen LogP contribution >= 0.6 is 11.8 Å². The fourth-order valence-electron chi connectivity index (χ4n) is 5.51. The molecule has 216 valence electrons. The maximum atomic E-state index is 13.5. The highest BCUT2D eigenvalue weighted by molar-refractivity contribution is 8.00. The van der Waals surface area contributed by atoms with Gasteiger partial charge in [0.2, 0.25) is 12.2 Å². The number of para-hydroxylation sites is 1. The van der Waals surface area contributed by atoms with Crippen LogP contribution in [0.4, 0.5) is 0 Å². The number of ether oxygens (including phenoxy) is 2. The zero-order chi connectivity index (χ0) is 28.6. The highest BCUT2D eigenvalue weighted by Crippen LogP contribution is 2.32. The maximum Gasteiger partial charge on any atom is 0.261 e. The quantitative estimate of drug-likeness (QED) is 0.266. The Morgan fingerprint density at radius 1 is 0.854 bits per heavy atom. The number of nitrogens with two attached hydrogens (primary N) is 1. The van der Waals surface area contributed by atoms with Crippen LogP contribution in [-0.2, 0) is 14.3 Å². The van der Waals surface area contributed by atoms with E-state index in [1.165, 1.54) is 11.1 Å². The summed E-state index contributed by atoms with van der Waals surface area (Å²) in [4.78, 5) is 30.4. The second-order valence-corrected chi connectivity index (χ2v) is 11.3. The summed E-state index contributed by atoms with van der Waals surface area (Å²) in [6, 6.07) is 29.2. The molecule has 0 aliphatic carbocycles. The molecule has 3 N–H and O–H groups in total. The number of carbonyl (C=O) groups excluding carboxylic acids is 2. The number of carbonyl (C=O) groups is 2. The number of piperazine rings is 1. The summed E-state index contributed by atoms with van der Waals surface area (Å²) < 4.78 is 11.7. The molecular formula is C31H37N5O4S. The van der Waals surface area contributed by atoms with Crippen molar-refractivity contribution >= 4 is 23.6 Å². The fraction of sp³-hybridized carbons (Fsp3) is 0.355. The van der Waals surface area contributed by atoms with E-state index in [9.17, 15) is 9.59 Å². The summed E-state index contributed by atoms with van der Waals surface area (Å²) >= 11 is 1.58. The number of nitrogens with zero attached hydrogens (tertiary/aromatic N) is 3. The lowest BCUT2D eigenvalue weighted by Crippen LogP contribution is -2.62. The Morgan fingerprint density at radius 2 is 1.41 bits per heavy atom. The minimum Gasteiger partial charge on any atom is -0.462 e. The van der Waals surface area contributed by atoms with Gasteiger partial charge in [-0.15, -0.1) is 11.8 Å². The van der Waals surface area contributed by atoms with Crippen molar-refractivity contribution in [1.82, 2.24) is 20.2 Å². The van der Waals surface area contributed by atoms with Crippen LogP contribution in [0.1, 0.15) is 17.2 Å². The van der Waals surface area contributed by atoms with Crippen LogP contribution in [0.25, 0.3) is 0 Å². The molecule has 9 nitrogen and oxygen atoms in total. The first kappa shape index (κ1) is 29.1. The molecule has 0 radical (unpaired) electrons. The van der Waals surface area contributed by atoms with Gasteiger partial charge in [0.15, 0.2) is 6.04 Å². The van der Waals surface area contributed by atoms with Gasteiger partial charge in [0.05, 0.1) is 6.04 Å². The monoisotopic (exact) mass is 575 g/mol. The molecule has 2 heterocycles. The van der Waals surface area contributed by atoms with Gasteiger partial charge >= 0.3 is 0 Å². The van der Waals surface area contributed by atoms with Crippen molar-refractivity contribution in [1.29, 1.82) is 0 Å². The van der Waals surface area contributed by atoms with Gasteiger partial charge in [-0.3, -0.25) is 24.8 Å². The fourth-order valence-corrected chi connectivity index (χ4v) is 6.81. The second-order valence-electron chi connectivity index (χ2n) is 10.1. The number of hydrogen-bond donors (Lipinski definition) is 2. The van der Waals surface area contributed by atoms with E-state index in [0.717, 1.165) is 18.8 Å². The van der Waals surface area contributed by atoms with Crippen LogP contribution in [0.5, 0.6) is 5.75 Å². The molecule has 0 spiro atoms. The minimum absolute atomic E-state index is 0.117. The van der Waals surface area contributed by atoms with Crippen molar-refractivity contribution in [2.24, 2.45) is 5.73 Å². The Kier molecular flexibility index (Phi) is 9.92. The molecule has 10 heteroatoms. The zero-order valence-electron chi connectivity index (χ0n) is 23.2. The molecule has 2 saturated heterocycles. The van der Waals surface area contributed by atoms with Crippen molar-refractivity contribution in [3.05, 3.63) is 102 Å². The van der Waals surface area contributed by atoms with Crippen LogP contribution in [0.2, 0.25) is 0 Å². The Balaban J connectivity index is 1.23. The molecule has 2 fully saturated rings. The highest BCUT2D eigenvalue weighted by atomic mass is 32.2. The van der Waals surface area contributed by atoms with Crippen molar-refractivity contribution in [2.45, 2.75) is 23.7 Å². The molecule has 2 amide bonds. The van der Waals surface area contributed by atoms with Crippen LogP contribution < -0.4 is 15.9 Å². The van der Waals surface area contributed by atoms with Crippen molar-refractivity contribution in [3.8, 4) is 5.75 Å². The lowest BCUT2D eigenvalue weighted by atomic mass is 9.96. The summed E-state index contributed by atoms with van der Waals surface area (Å²) in [5, 5.41) is 1.51. The van der Waals surface area contributed by atoms with Gasteiger partial charge in [-0.2, -0.15) is 0 Å². The van der Waals surface area contributed by atoms with Gasteiger partial charge in [0, 0.05) is 45.6 Å². The first-order valence-electron chi connectivity index (χ1n) is 13.9. The average molecular weight is 576 g/mol. The smallest absolute Gasteiger partial charge is 0.261 e. The summed E-state index contributed by atoms with van der Waals surface area (Å²) in [5.41, 5.74) is 11.2. The van der Waals surface area contributed by atoms with E-state index in [-0.39, 0.29) is 11.4 Å².